The molecule has 2 unspecified atom stereocenters. The second-order valence-corrected chi connectivity index (χ2v) is 6.16. The number of hydrogen-bond acceptors (Lipinski definition) is 4. The molecular formula is C15H20BrNO3. The van der Waals surface area contributed by atoms with E-state index in [0.717, 1.165) is 10.2 Å². The first kappa shape index (κ1) is 15.3. The minimum Gasteiger partial charge on any atom is -0.488 e. The second-order valence-electron chi connectivity index (χ2n) is 5.30. The van der Waals surface area contributed by atoms with Gasteiger partial charge in [0.05, 0.1) is 11.6 Å². The van der Waals surface area contributed by atoms with Crippen LogP contribution < -0.4 is 10.1 Å². The molecular weight excluding hydrogens is 322 g/mol. The lowest BCUT2D eigenvalue weighted by Crippen LogP contribution is -2.31. The van der Waals surface area contributed by atoms with E-state index in [1.807, 2.05) is 6.07 Å². The lowest BCUT2D eigenvalue weighted by Gasteiger charge is -2.15. The lowest BCUT2D eigenvalue weighted by atomic mass is 10.0. The van der Waals surface area contributed by atoms with Gasteiger partial charge in [0, 0.05) is 13.0 Å². The van der Waals surface area contributed by atoms with E-state index in [9.17, 15) is 4.79 Å². The van der Waals surface area contributed by atoms with Gasteiger partial charge in [-0.1, -0.05) is 19.9 Å². The van der Waals surface area contributed by atoms with Crippen molar-refractivity contribution in [3.05, 3.63) is 28.2 Å². The molecule has 2 rings (SSSR count). The standard InChI is InChI=1S/C15H20BrNO3/c1-9(2)10-4-5-14(12(16)6-10)20-11-7-13(17-8-11)15(18)19-3/h4-6,9,11,13,17H,7-8H2,1-3H3. The first-order valence-electron chi connectivity index (χ1n) is 6.78. The molecule has 0 aliphatic carbocycles. The van der Waals surface area contributed by atoms with Crippen LogP contribution in [0.3, 0.4) is 0 Å². The third kappa shape index (κ3) is 3.52. The number of carbonyl (C=O) groups excluding carboxylic acids is 1. The Bertz CT molecular complexity index is 490. The molecule has 1 aliphatic rings. The van der Waals surface area contributed by atoms with Gasteiger partial charge in [0.15, 0.2) is 0 Å². The molecule has 2 atom stereocenters. The maximum Gasteiger partial charge on any atom is 0.323 e. The van der Waals surface area contributed by atoms with Crippen molar-refractivity contribution in [3.8, 4) is 5.75 Å². The Hall–Kier alpha value is -1.07. The number of ether oxygens (including phenoxy) is 2. The van der Waals surface area contributed by atoms with E-state index in [1.54, 1.807) is 0 Å². The number of halogens is 1. The van der Waals surface area contributed by atoms with Gasteiger partial charge in [0.1, 0.15) is 17.9 Å². The fourth-order valence-electron chi connectivity index (χ4n) is 2.27. The van der Waals surface area contributed by atoms with E-state index in [4.69, 9.17) is 9.47 Å². The molecule has 1 aromatic carbocycles. The summed E-state index contributed by atoms with van der Waals surface area (Å²) in [5.74, 6) is 1.06. The van der Waals surface area contributed by atoms with Gasteiger partial charge in [-0.15, -0.1) is 0 Å². The normalized spacial score (nSPS) is 22.1. The van der Waals surface area contributed by atoms with Gasteiger partial charge >= 0.3 is 5.97 Å². The van der Waals surface area contributed by atoms with Crippen LogP contribution in [0.25, 0.3) is 0 Å². The Kier molecular flexibility index (Phi) is 5.05. The van der Waals surface area contributed by atoms with Crippen LogP contribution in [0.1, 0.15) is 31.7 Å². The van der Waals surface area contributed by atoms with Crippen LogP contribution in [0.5, 0.6) is 5.75 Å². The molecule has 1 saturated heterocycles. The number of carbonyl (C=O) groups is 1. The minimum absolute atomic E-state index is 0.0136. The average Bonchev–Trinajstić information content (AvgIpc) is 2.88. The summed E-state index contributed by atoms with van der Waals surface area (Å²) in [4.78, 5) is 11.4. The summed E-state index contributed by atoms with van der Waals surface area (Å²) in [5.41, 5.74) is 1.27. The largest absolute Gasteiger partial charge is 0.488 e. The lowest BCUT2D eigenvalue weighted by molar-refractivity contribution is -0.142. The Morgan fingerprint density at radius 1 is 1.45 bits per heavy atom. The molecule has 110 valence electrons. The Morgan fingerprint density at radius 2 is 2.20 bits per heavy atom. The third-order valence-corrected chi connectivity index (χ3v) is 4.11. The molecule has 0 saturated carbocycles. The summed E-state index contributed by atoms with van der Waals surface area (Å²) >= 11 is 3.54. The Labute approximate surface area is 128 Å². The maximum atomic E-state index is 11.4. The summed E-state index contributed by atoms with van der Waals surface area (Å²) in [6.07, 6.45) is 0.616. The van der Waals surface area contributed by atoms with Crippen molar-refractivity contribution in [2.24, 2.45) is 0 Å². The van der Waals surface area contributed by atoms with Crippen LogP contribution in [0, 0.1) is 0 Å². The summed E-state index contributed by atoms with van der Waals surface area (Å²) < 4.78 is 11.6. The van der Waals surface area contributed by atoms with Crippen molar-refractivity contribution >= 4 is 21.9 Å². The van der Waals surface area contributed by atoms with Crippen molar-refractivity contribution in [2.75, 3.05) is 13.7 Å². The number of hydrogen-bond donors (Lipinski definition) is 1. The van der Waals surface area contributed by atoms with Crippen LogP contribution in [-0.4, -0.2) is 31.8 Å². The minimum atomic E-state index is -0.265. The molecule has 1 fully saturated rings. The van der Waals surface area contributed by atoms with Gasteiger partial charge in [-0.05, 0) is 39.5 Å². The van der Waals surface area contributed by atoms with Crippen molar-refractivity contribution in [3.63, 3.8) is 0 Å². The number of esters is 1. The van der Waals surface area contributed by atoms with Crippen molar-refractivity contribution in [1.29, 1.82) is 0 Å². The maximum absolute atomic E-state index is 11.4. The van der Waals surface area contributed by atoms with Gasteiger partial charge < -0.3 is 14.8 Å². The number of rotatable bonds is 4. The van der Waals surface area contributed by atoms with Gasteiger partial charge in [-0.25, -0.2) is 0 Å². The molecule has 0 amide bonds. The van der Waals surface area contributed by atoms with Crippen LogP contribution in [0.15, 0.2) is 22.7 Å². The van der Waals surface area contributed by atoms with Crippen LogP contribution >= 0.6 is 15.9 Å². The summed E-state index contributed by atoms with van der Waals surface area (Å²) in [7, 11) is 1.40. The number of benzene rings is 1. The van der Waals surface area contributed by atoms with Crippen molar-refractivity contribution < 1.29 is 14.3 Å². The highest BCUT2D eigenvalue weighted by Gasteiger charge is 2.31. The molecule has 0 spiro atoms. The fraction of sp³-hybridized carbons (Fsp3) is 0.533. The summed E-state index contributed by atoms with van der Waals surface area (Å²) in [6.45, 7) is 4.96. The fourth-order valence-corrected chi connectivity index (χ4v) is 2.76. The summed E-state index contributed by atoms with van der Waals surface area (Å²) in [6, 6.07) is 5.87. The van der Waals surface area contributed by atoms with Gasteiger partial charge in [0.25, 0.3) is 0 Å². The first-order chi connectivity index (χ1) is 9.51. The molecule has 0 radical (unpaired) electrons. The molecule has 1 heterocycles. The first-order valence-corrected chi connectivity index (χ1v) is 7.58. The predicted molar refractivity (Wildman–Crippen MR) is 81.1 cm³/mol. The molecule has 0 aromatic heterocycles. The van der Waals surface area contributed by atoms with E-state index in [1.165, 1.54) is 12.7 Å². The molecule has 5 heteroatoms. The summed E-state index contributed by atoms with van der Waals surface area (Å²) in [5, 5.41) is 3.11. The smallest absolute Gasteiger partial charge is 0.323 e. The van der Waals surface area contributed by atoms with Crippen molar-refractivity contribution in [1.82, 2.24) is 5.32 Å². The predicted octanol–water partition coefficient (Wildman–Crippen LogP) is 2.85. The van der Waals surface area contributed by atoms with E-state index in [2.05, 4.69) is 47.2 Å². The molecule has 0 bridgehead atoms. The molecule has 1 aromatic rings. The Balaban J connectivity index is 1.99. The van der Waals surface area contributed by atoms with Crippen LogP contribution in [0.2, 0.25) is 0 Å². The second kappa shape index (κ2) is 6.59. The SMILES string of the molecule is COC(=O)C1CC(Oc2ccc(C(C)C)cc2Br)CN1. The number of nitrogens with one attached hydrogen (secondary N) is 1. The molecule has 1 N–H and O–H groups in total. The van der Waals surface area contributed by atoms with Crippen molar-refractivity contribution in [2.45, 2.75) is 38.3 Å². The van der Waals surface area contributed by atoms with Crippen LogP contribution in [-0.2, 0) is 9.53 Å². The Morgan fingerprint density at radius 3 is 2.80 bits per heavy atom. The highest BCUT2D eigenvalue weighted by atomic mass is 79.9. The van der Waals surface area contributed by atoms with E-state index in [-0.39, 0.29) is 18.1 Å². The zero-order chi connectivity index (χ0) is 14.7. The molecule has 4 nitrogen and oxygen atoms in total. The molecule has 20 heavy (non-hydrogen) atoms. The third-order valence-electron chi connectivity index (χ3n) is 3.49. The topological polar surface area (TPSA) is 47.6 Å². The van der Waals surface area contributed by atoms with E-state index < -0.39 is 0 Å². The number of methoxy groups -OCH3 is 1. The van der Waals surface area contributed by atoms with Gasteiger partial charge in [-0.3, -0.25) is 4.79 Å². The van der Waals surface area contributed by atoms with Crippen LogP contribution in [0.4, 0.5) is 0 Å². The highest BCUT2D eigenvalue weighted by molar-refractivity contribution is 9.10. The van der Waals surface area contributed by atoms with Gasteiger partial charge in [0.2, 0.25) is 0 Å². The van der Waals surface area contributed by atoms with E-state index in [0.29, 0.717) is 18.9 Å². The quantitative estimate of drug-likeness (QED) is 0.855. The monoisotopic (exact) mass is 341 g/mol. The van der Waals surface area contributed by atoms with Gasteiger partial charge in [-0.2, -0.15) is 0 Å². The molecule has 1 aliphatic heterocycles. The average molecular weight is 342 g/mol. The zero-order valence-corrected chi connectivity index (χ0v) is 13.6. The zero-order valence-electron chi connectivity index (χ0n) is 12.0. The highest BCUT2D eigenvalue weighted by Crippen LogP contribution is 2.30. The van der Waals surface area contributed by atoms with E-state index >= 15 is 0 Å².